The molecule has 1 aromatic heterocycles. The van der Waals surface area contributed by atoms with Crippen molar-refractivity contribution in [3.8, 4) is 17.0 Å². The lowest BCUT2D eigenvalue weighted by atomic mass is 10.0. The number of aromatic hydroxyl groups is 1. The second kappa shape index (κ2) is 6.75. The summed E-state index contributed by atoms with van der Waals surface area (Å²) >= 11 is 0. The maximum Gasteiger partial charge on any atom is 0.416 e. The van der Waals surface area contributed by atoms with E-state index in [1.807, 2.05) is 4.90 Å². The molecule has 2 amide bonds. The molecule has 2 atom stereocenters. The van der Waals surface area contributed by atoms with Crippen molar-refractivity contribution < 1.29 is 23.1 Å². The van der Waals surface area contributed by atoms with Gasteiger partial charge in [0.1, 0.15) is 11.4 Å². The van der Waals surface area contributed by atoms with Crippen LogP contribution in [0.2, 0.25) is 0 Å². The van der Waals surface area contributed by atoms with Gasteiger partial charge in [-0.05, 0) is 31.5 Å². The first-order valence-electron chi connectivity index (χ1n) is 9.05. The zero-order valence-corrected chi connectivity index (χ0v) is 15.7. The summed E-state index contributed by atoms with van der Waals surface area (Å²) < 4.78 is 38.4. The minimum absolute atomic E-state index is 0.00112. The lowest BCUT2D eigenvalue weighted by Crippen LogP contribution is -2.51. The van der Waals surface area contributed by atoms with Gasteiger partial charge in [-0.25, -0.2) is 9.78 Å². The second-order valence-electron chi connectivity index (χ2n) is 7.24. The number of rotatable bonds is 2. The van der Waals surface area contributed by atoms with Gasteiger partial charge in [0, 0.05) is 25.7 Å². The van der Waals surface area contributed by atoms with Crippen LogP contribution >= 0.6 is 0 Å². The van der Waals surface area contributed by atoms with Crippen molar-refractivity contribution in [2.45, 2.75) is 31.6 Å². The number of hydrogen-bond acceptors (Lipinski definition) is 6. The number of urea groups is 1. The SMILES string of the molecule is Cc1nc(N2CCC3NC(=O)N(C)[C@@H]3C2)nnc1-c1ccc(C(F)(F)F)cc1O. The van der Waals surface area contributed by atoms with Crippen LogP contribution in [0.3, 0.4) is 0 Å². The Hall–Kier alpha value is -3.11. The maximum atomic E-state index is 12.8. The highest BCUT2D eigenvalue weighted by molar-refractivity contribution is 5.77. The molecule has 2 aliphatic heterocycles. The number of hydrogen-bond donors (Lipinski definition) is 2. The van der Waals surface area contributed by atoms with Crippen LogP contribution < -0.4 is 10.2 Å². The molecule has 1 unspecified atom stereocenters. The van der Waals surface area contributed by atoms with E-state index in [1.165, 1.54) is 0 Å². The van der Waals surface area contributed by atoms with Crippen molar-refractivity contribution in [2.24, 2.45) is 0 Å². The number of aromatic nitrogens is 3. The fourth-order valence-electron chi connectivity index (χ4n) is 3.77. The number of amides is 2. The lowest BCUT2D eigenvalue weighted by Gasteiger charge is -2.36. The molecule has 29 heavy (non-hydrogen) atoms. The molecule has 2 saturated heterocycles. The number of nitrogens with zero attached hydrogens (tertiary/aromatic N) is 5. The topological polar surface area (TPSA) is 94.5 Å². The Labute approximate surface area is 164 Å². The molecule has 2 fully saturated rings. The molecule has 4 rings (SSSR count). The van der Waals surface area contributed by atoms with E-state index in [2.05, 4.69) is 20.5 Å². The van der Waals surface area contributed by atoms with E-state index in [4.69, 9.17) is 0 Å². The highest BCUT2D eigenvalue weighted by Gasteiger charge is 2.41. The van der Waals surface area contributed by atoms with Crippen LogP contribution in [0.4, 0.5) is 23.9 Å². The highest BCUT2D eigenvalue weighted by Crippen LogP contribution is 2.36. The third-order valence-electron chi connectivity index (χ3n) is 5.42. The molecule has 11 heteroatoms. The highest BCUT2D eigenvalue weighted by atomic mass is 19.4. The van der Waals surface area contributed by atoms with E-state index < -0.39 is 17.5 Å². The van der Waals surface area contributed by atoms with E-state index in [0.29, 0.717) is 30.8 Å². The minimum atomic E-state index is -4.55. The largest absolute Gasteiger partial charge is 0.507 e. The number of aryl methyl sites for hydroxylation is 1. The molecule has 1 aromatic carbocycles. The third-order valence-corrected chi connectivity index (χ3v) is 5.42. The molecule has 8 nitrogen and oxygen atoms in total. The molecule has 154 valence electrons. The Bertz CT molecular complexity index is 967. The van der Waals surface area contributed by atoms with Crippen molar-refractivity contribution in [3.63, 3.8) is 0 Å². The van der Waals surface area contributed by atoms with Crippen LogP contribution in [-0.2, 0) is 6.18 Å². The average molecular weight is 408 g/mol. The molecule has 2 aliphatic rings. The number of benzene rings is 1. The first-order valence-corrected chi connectivity index (χ1v) is 9.05. The van der Waals surface area contributed by atoms with Gasteiger partial charge in [-0.3, -0.25) is 0 Å². The number of likely N-dealkylation sites (N-methyl/N-ethyl adjacent to an activating group) is 1. The van der Waals surface area contributed by atoms with Crippen LogP contribution in [0.1, 0.15) is 17.7 Å². The Morgan fingerprint density at radius 1 is 1.28 bits per heavy atom. The Kier molecular flexibility index (Phi) is 4.47. The van der Waals surface area contributed by atoms with E-state index in [0.717, 1.165) is 18.6 Å². The van der Waals surface area contributed by atoms with Gasteiger partial charge >= 0.3 is 12.2 Å². The number of halogens is 3. The van der Waals surface area contributed by atoms with Gasteiger partial charge in [-0.1, -0.05) is 0 Å². The quantitative estimate of drug-likeness (QED) is 0.791. The second-order valence-corrected chi connectivity index (χ2v) is 7.24. The summed E-state index contributed by atoms with van der Waals surface area (Å²) in [5.41, 5.74) is -0.169. The van der Waals surface area contributed by atoms with Crippen molar-refractivity contribution in [2.75, 3.05) is 25.0 Å². The first kappa shape index (κ1) is 19.2. The fraction of sp³-hybridized carbons (Fsp3) is 0.444. The predicted octanol–water partition coefficient (Wildman–Crippen LogP) is 2.17. The molecular formula is C18H19F3N6O2. The zero-order chi connectivity index (χ0) is 20.9. The predicted molar refractivity (Wildman–Crippen MR) is 97.4 cm³/mol. The summed E-state index contributed by atoms with van der Waals surface area (Å²) in [6, 6.07) is 2.68. The van der Waals surface area contributed by atoms with Gasteiger partial charge < -0.3 is 20.2 Å². The van der Waals surface area contributed by atoms with E-state index in [-0.39, 0.29) is 29.4 Å². The molecule has 0 radical (unpaired) electrons. The van der Waals surface area contributed by atoms with Crippen LogP contribution in [0.15, 0.2) is 18.2 Å². The molecule has 0 saturated carbocycles. The number of carbonyl (C=O) groups is 1. The van der Waals surface area contributed by atoms with Crippen molar-refractivity contribution >= 4 is 12.0 Å². The number of carbonyl (C=O) groups excluding carboxylic acids is 1. The van der Waals surface area contributed by atoms with Crippen LogP contribution in [-0.4, -0.2) is 63.4 Å². The zero-order valence-electron chi connectivity index (χ0n) is 15.7. The Morgan fingerprint density at radius 3 is 2.69 bits per heavy atom. The van der Waals surface area contributed by atoms with Gasteiger partial charge in [-0.2, -0.15) is 13.2 Å². The van der Waals surface area contributed by atoms with Gasteiger partial charge in [0.2, 0.25) is 5.95 Å². The Balaban J connectivity index is 1.58. The van der Waals surface area contributed by atoms with Crippen LogP contribution in [0.5, 0.6) is 5.75 Å². The van der Waals surface area contributed by atoms with E-state index >= 15 is 0 Å². The normalized spacial score (nSPS) is 21.9. The van der Waals surface area contributed by atoms with Gasteiger partial charge in [0.05, 0.1) is 23.3 Å². The molecule has 2 aromatic rings. The fourth-order valence-corrected chi connectivity index (χ4v) is 3.77. The number of nitrogens with one attached hydrogen (secondary N) is 1. The molecule has 0 spiro atoms. The number of alkyl halides is 3. The van der Waals surface area contributed by atoms with Crippen LogP contribution in [0, 0.1) is 6.92 Å². The Morgan fingerprint density at radius 2 is 2.03 bits per heavy atom. The minimum Gasteiger partial charge on any atom is -0.507 e. The monoisotopic (exact) mass is 408 g/mol. The van der Waals surface area contributed by atoms with Gasteiger partial charge in [-0.15, -0.1) is 10.2 Å². The molecular weight excluding hydrogens is 389 g/mol. The molecule has 3 heterocycles. The van der Waals surface area contributed by atoms with Crippen molar-refractivity contribution in [1.82, 2.24) is 25.4 Å². The van der Waals surface area contributed by atoms with Crippen molar-refractivity contribution in [1.29, 1.82) is 0 Å². The number of piperidine rings is 1. The van der Waals surface area contributed by atoms with Gasteiger partial charge in [0.15, 0.2) is 0 Å². The standard InChI is InChI=1S/C18H19F3N6O2/c1-9-15(11-4-3-10(7-14(11)28)18(19,20)21)24-25-16(22-9)27-6-5-12-13(8-27)26(2)17(29)23-12/h3-4,7,12-13,28H,5-6,8H2,1-2H3,(H,23,29)/t12?,13-/m1/s1. The van der Waals surface area contributed by atoms with E-state index in [1.54, 1.807) is 18.9 Å². The summed E-state index contributed by atoms with van der Waals surface area (Å²) in [7, 11) is 1.74. The summed E-state index contributed by atoms with van der Waals surface area (Å²) in [6.07, 6.45) is -3.81. The maximum absolute atomic E-state index is 12.8. The first-order chi connectivity index (χ1) is 13.6. The van der Waals surface area contributed by atoms with Gasteiger partial charge in [0.25, 0.3) is 0 Å². The lowest BCUT2D eigenvalue weighted by molar-refractivity contribution is -0.137. The van der Waals surface area contributed by atoms with E-state index in [9.17, 15) is 23.1 Å². The third kappa shape index (κ3) is 3.40. The number of anilines is 1. The summed E-state index contributed by atoms with van der Waals surface area (Å²) in [4.78, 5) is 19.8. The van der Waals surface area contributed by atoms with Crippen LogP contribution in [0.25, 0.3) is 11.3 Å². The number of fused-ring (bicyclic) bond motifs is 1. The number of phenols is 1. The molecule has 2 N–H and O–H groups in total. The summed E-state index contributed by atoms with van der Waals surface area (Å²) in [6.45, 7) is 2.84. The smallest absolute Gasteiger partial charge is 0.416 e. The van der Waals surface area contributed by atoms with Crippen molar-refractivity contribution in [3.05, 3.63) is 29.5 Å². The molecule has 0 aliphatic carbocycles. The summed E-state index contributed by atoms with van der Waals surface area (Å²) in [5, 5.41) is 21.2. The average Bonchev–Trinajstić information content (AvgIpc) is 2.95. The summed E-state index contributed by atoms with van der Waals surface area (Å²) in [5.74, 6) is -0.159. The molecule has 0 bridgehead atoms. The number of phenolic OH excluding ortho intramolecular Hbond substituents is 1.